The highest BCUT2D eigenvalue weighted by atomic mass is 32.2. The van der Waals surface area contributed by atoms with Gasteiger partial charge in [0.15, 0.2) is 5.16 Å². The first-order valence-electron chi connectivity index (χ1n) is 7.66. The third-order valence-corrected chi connectivity index (χ3v) is 4.22. The van der Waals surface area contributed by atoms with E-state index in [0.717, 1.165) is 12.1 Å². The number of hydrogen-bond donors (Lipinski definition) is 3. The first-order valence-corrected chi connectivity index (χ1v) is 8.64. The molecule has 27 heavy (non-hydrogen) atoms. The molecule has 2 amide bonds. The van der Waals surface area contributed by atoms with E-state index in [9.17, 15) is 18.4 Å². The SMILES string of the molecule is O=C(CSc1ncn[nH]1)Nc1ccc(C(=O)Nc2ccc(F)cc2F)cc1. The van der Waals surface area contributed by atoms with Crippen LogP contribution < -0.4 is 10.6 Å². The van der Waals surface area contributed by atoms with E-state index in [1.54, 1.807) is 12.1 Å². The maximum atomic E-state index is 13.6. The number of thioether (sulfide) groups is 1. The van der Waals surface area contributed by atoms with Gasteiger partial charge in [-0.25, -0.2) is 13.8 Å². The number of amides is 2. The molecular weight excluding hydrogens is 376 g/mol. The van der Waals surface area contributed by atoms with Crippen LogP contribution in [0, 0.1) is 11.6 Å². The summed E-state index contributed by atoms with van der Waals surface area (Å²) in [4.78, 5) is 27.9. The van der Waals surface area contributed by atoms with Crippen LogP contribution in [0.2, 0.25) is 0 Å². The predicted octanol–water partition coefficient (Wildman–Crippen LogP) is 3.07. The van der Waals surface area contributed by atoms with Gasteiger partial charge in [0.05, 0.1) is 11.4 Å². The van der Waals surface area contributed by atoms with Crippen LogP contribution in [0.15, 0.2) is 53.9 Å². The Morgan fingerprint density at radius 3 is 2.52 bits per heavy atom. The first-order chi connectivity index (χ1) is 13.0. The Balaban J connectivity index is 1.56. The fourth-order valence-electron chi connectivity index (χ4n) is 2.09. The number of rotatable bonds is 6. The summed E-state index contributed by atoms with van der Waals surface area (Å²) >= 11 is 1.20. The van der Waals surface area contributed by atoms with Gasteiger partial charge in [0.1, 0.15) is 18.0 Å². The molecule has 1 aromatic heterocycles. The molecule has 2 aromatic carbocycles. The second-order valence-electron chi connectivity index (χ2n) is 5.28. The van der Waals surface area contributed by atoms with Crippen molar-refractivity contribution in [2.75, 3.05) is 16.4 Å². The van der Waals surface area contributed by atoms with Gasteiger partial charge in [0.25, 0.3) is 5.91 Å². The van der Waals surface area contributed by atoms with Crippen molar-refractivity contribution < 1.29 is 18.4 Å². The van der Waals surface area contributed by atoms with Crippen LogP contribution in [0.1, 0.15) is 10.4 Å². The predicted molar refractivity (Wildman–Crippen MR) is 96.5 cm³/mol. The molecule has 0 unspecified atom stereocenters. The van der Waals surface area contributed by atoms with Crippen molar-refractivity contribution in [2.24, 2.45) is 0 Å². The smallest absolute Gasteiger partial charge is 0.255 e. The molecule has 0 fully saturated rings. The van der Waals surface area contributed by atoms with Gasteiger partial charge in [-0.05, 0) is 36.4 Å². The molecule has 0 saturated heterocycles. The second kappa shape index (κ2) is 8.41. The minimum atomic E-state index is -0.864. The van der Waals surface area contributed by atoms with Gasteiger partial charge in [-0.1, -0.05) is 11.8 Å². The number of halogens is 2. The largest absolute Gasteiger partial charge is 0.325 e. The molecule has 0 aliphatic heterocycles. The van der Waals surface area contributed by atoms with Gasteiger partial charge < -0.3 is 10.6 Å². The number of carbonyl (C=O) groups excluding carboxylic acids is 2. The molecule has 1 heterocycles. The minimum absolute atomic E-state index is 0.122. The van der Waals surface area contributed by atoms with Crippen molar-refractivity contribution in [3.8, 4) is 0 Å². The standard InChI is InChI=1S/C17H13F2N5O2S/c18-11-3-6-14(13(19)7-11)23-16(26)10-1-4-12(5-2-10)22-15(25)8-27-17-20-9-21-24-17/h1-7,9H,8H2,(H,22,25)(H,23,26)(H,20,21,24). The second-order valence-corrected chi connectivity index (χ2v) is 6.25. The summed E-state index contributed by atoms with van der Waals surface area (Å²) in [6.07, 6.45) is 1.35. The van der Waals surface area contributed by atoms with Crippen molar-refractivity contribution in [3.63, 3.8) is 0 Å². The van der Waals surface area contributed by atoms with Crippen LogP contribution in [-0.4, -0.2) is 32.7 Å². The quantitative estimate of drug-likeness (QED) is 0.563. The van der Waals surface area contributed by atoms with Crippen LogP contribution in [-0.2, 0) is 4.79 Å². The fraction of sp³-hybridized carbons (Fsp3) is 0.0588. The van der Waals surface area contributed by atoms with E-state index in [1.807, 2.05) is 0 Å². The van der Waals surface area contributed by atoms with E-state index in [0.29, 0.717) is 16.9 Å². The van der Waals surface area contributed by atoms with E-state index in [-0.39, 0.29) is 22.9 Å². The fourth-order valence-corrected chi connectivity index (χ4v) is 2.66. The maximum Gasteiger partial charge on any atom is 0.255 e. The lowest BCUT2D eigenvalue weighted by molar-refractivity contribution is -0.113. The maximum absolute atomic E-state index is 13.6. The molecule has 3 N–H and O–H groups in total. The molecule has 0 spiro atoms. The molecule has 138 valence electrons. The Morgan fingerprint density at radius 2 is 1.85 bits per heavy atom. The number of anilines is 2. The zero-order valence-corrected chi connectivity index (χ0v) is 14.5. The van der Waals surface area contributed by atoms with Crippen LogP contribution in [0.25, 0.3) is 0 Å². The number of hydrogen-bond acceptors (Lipinski definition) is 5. The Hall–Kier alpha value is -3.27. The first kappa shape index (κ1) is 18.5. The van der Waals surface area contributed by atoms with Gasteiger partial charge in [0.2, 0.25) is 5.91 Å². The van der Waals surface area contributed by atoms with E-state index in [4.69, 9.17) is 0 Å². The summed E-state index contributed by atoms with van der Waals surface area (Å²) < 4.78 is 26.5. The van der Waals surface area contributed by atoms with E-state index in [1.165, 1.54) is 30.2 Å². The lowest BCUT2D eigenvalue weighted by atomic mass is 10.2. The number of benzene rings is 2. The Morgan fingerprint density at radius 1 is 1.07 bits per heavy atom. The van der Waals surface area contributed by atoms with Crippen LogP contribution in [0.5, 0.6) is 0 Å². The molecule has 0 aliphatic rings. The average Bonchev–Trinajstić information content (AvgIpc) is 3.16. The van der Waals surface area contributed by atoms with Crippen molar-refractivity contribution in [1.82, 2.24) is 15.2 Å². The molecule has 0 aliphatic carbocycles. The van der Waals surface area contributed by atoms with Crippen molar-refractivity contribution in [1.29, 1.82) is 0 Å². The molecule has 0 bridgehead atoms. The lowest BCUT2D eigenvalue weighted by Gasteiger charge is -2.08. The topological polar surface area (TPSA) is 99.8 Å². The highest BCUT2D eigenvalue weighted by Crippen LogP contribution is 2.17. The number of aromatic nitrogens is 3. The monoisotopic (exact) mass is 389 g/mol. The number of aromatic amines is 1. The normalized spacial score (nSPS) is 10.4. The summed E-state index contributed by atoms with van der Waals surface area (Å²) in [5, 5.41) is 11.9. The van der Waals surface area contributed by atoms with Crippen molar-refractivity contribution >= 4 is 35.0 Å². The van der Waals surface area contributed by atoms with E-state index >= 15 is 0 Å². The van der Waals surface area contributed by atoms with Gasteiger partial charge in [-0.2, -0.15) is 5.10 Å². The van der Waals surface area contributed by atoms with Gasteiger partial charge in [-0.15, -0.1) is 0 Å². The van der Waals surface area contributed by atoms with E-state index < -0.39 is 17.5 Å². The molecule has 3 aromatic rings. The summed E-state index contributed by atoms with van der Waals surface area (Å²) in [5.41, 5.74) is 0.638. The number of H-pyrrole nitrogens is 1. The van der Waals surface area contributed by atoms with Crippen molar-refractivity contribution in [2.45, 2.75) is 5.16 Å². The zero-order valence-electron chi connectivity index (χ0n) is 13.7. The highest BCUT2D eigenvalue weighted by Gasteiger charge is 2.11. The average molecular weight is 389 g/mol. The molecule has 3 rings (SSSR count). The van der Waals surface area contributed by atoms with Gasteiger partial charge in [0, 0.05) is 17.3 Å². The zero-order chi connectivity index (χ0) is 19.2. The van der Waals surface area contributed by atoms with Gasteiger partial charge >= 0.3 is 0 Å². The van der Waals surface area contributed by atoms with Crippen molar-refractivity contribution in [3.05, 3.63) is 66.0 Å². The summed E-state index contributed by atoms with van der Waals surface area (Å²) in [7, 11) is 0. The summed E-state index contributed by atoms with van der Waals surface area (Å²) in [6.45, 7) is 0. The molecular formula is C17H13F2N5O2S. The number of nitrogens with zero attached hydrogens (tertiary/aromatic N) is 2. The van der Waals surface area contributed by atoms with E-state index in [2.05, 4.69) is 25.8 Å². The summed E-state index contributed by atoms with van der Waals surface area (Å²) in [6, 6.07) is 8.94. The Labute approximate surface area is 156 Å². The van der Waals surface area contributed by atoms with Crippen LogP contribution in [0.3, 0.4) is 0 Å². The van der Waals surface area contributed by atoms with Crippen LogP contribution >= 0.6 is 11.8 Å². The summed E-state index contributed by atoms with van der Waals surface area (Å²) in [5.74, 6) is -2.26. The molecule has 0 atom stereocenters. The number of carbonyl (C=O) groups is 2. The molecule has 0 saturated carbocycles. The lowest BCUT2D eigenvalue weighted by Crippen LogP contribution is -2.15. The number of nitrogens with one attached hydrogen (secondary N) is 3. The Kier molecular flexibility index (Phi) is 5.77. The third kappa shape index (κ3) is 5.11. The molecule has 0 radical (unpaired) electrons. The van der Waals surface area contributed by atoms with Gasteiger partial charge in [-0.3, -0.25) is 14.7 Å². The third-order valence-electron chi connectivity index (χ3n) is 3.34. The molecule has 7 nitrogen and oxygen atoms in total. The Bertz CT molecular complexity index is 948. The molecule has 10 heteroatoms. The minimum Gasteiger partial charge on any atom is -0.325 e. The van der Waals surface area contributed by atoms with Crippen LogP contribution in [0.4, 0.5) is 20.2 Å². The highest BCUT2D eigenvalue weighted by molar-refractivity contribution is 7.99.